The molecule has 0 spiro atoms. The van der Waals surface area contributed by atoms with Crippen molar-refractivity contribution < 1.29 is 0 Å². The highest BCUT2D eigenvalue weighted by Gasteiger charge is 2.26. The quantitative estimate of drug-likeness (QED) is 0.656. The molecule has 0 amide bonds. The van der Waals surface area contributed by atoms with Gasteiger partial charge in [0.05, 0.1) is 6.67 Å². The summed E-state index contributed by atoms with van der Waals surface area (Å²) in [6, 6.07) is 21.4. The number of H-pyrrole nitrogens is 1. The summed E-state index contributed by atoms with van der Waals surface area (Å²) in [4.78, 5) is 6.94. The Kier molecular flexibility index (Phi) is 5.09. The molecule has 26 heavy (non-hydrogen) atoms. The van der Waals surface area contributed by atoms with Crippen LogP contribution in [0.15, 0.2) is 60.7 Å². The lowest BCUT2D eigenvalue weighted by Gasteiger charge is -2.24. The number of hydrogen-bond acceptors (Lipinski definition) is 3. The molecule has 1 unspecified atom stereocenters. The van der Waals surface area contributed by atoms with Gasteiger partial charge in [-0.1, -0.05) is 66.7 Å². The van der Waals surface area contributed by atoms with Crippen molar-refractivity contribution in [3.05, 3.63) is 82.4 Å². The van der Waals surface area contributed by atoms with Crippen molar-refractivity contribution in [3.8, 4) is 0 Å². The molecule has 0 radical (unpaired) electrons. The van der Waals surface area contributed by atoms with E-state index in [0.29, 0.717) is 10.8 Å². The highest BCUT2D eigenvalue weighted by molar-refractivity contribution is 7.71. The number of nitrogens with one attached hydrogen (secondary N) is 1. The summed E-state index contributed by atoms with van der Waals surface area (Å²) in [5.41, 5.74) is 2.52. The number of likely N-dealkylation sites (tertiary alicyclic amines) is 1. The predicted octanol–water partition coefficient (Wildman–Crippen LogP) is 4.91. The Morgan fingerprint density at radius 3 is 2.54 bits per heavy atom. The molecule has 1 N–H and O–H groups in total. The maximum Gasteiger partial charge on any atom is 0.217 e. The highest BCUT2D eigenvalue weighted by atomic mass is 32.1. The first kappa shape index (κ1) is 16.9. The van der Waals surface area contributed by atoms with E-state index < -0.39 is 0 Å². The van der Waals surface area contributed by atoms with Gasteiger partial charge in [0.1, 0.15) is 5.82 Å². The van der Waals surface area contributed by atoms with Crippen LogP contribution in [0.3, 0.4) is 0 Å². The van der Waals surface area contributed by atoms with Crippen LogP contribution in [-0.2, 0) is 6.67 Å². The van der Waals surface area contributed by atoms with Crippen molar-refractivity contribution in [2.24, 2.45) is 0 Å². The SMILES string of the molecule is S=c1nc(/C=C/c2ccccc2)[nH]n1CN1CCCC1c1ccccc1. The average molecular weight is 363 g/mol. The first-order chi connectivity index (χ1) is 12.8. The molecule has 1 aromatic heterocycles. The van der Waals surface area contributed by atoms with Crippen molar-refractivity contribution >= 4 is 24.4 Å². The van der Waals surface area contributed by atoms with Crippen molar-refractivity contribution in [2.75, 3.05) is 6.54 Å². The molecule has 4 nitrogen and oxygen atoms in total. The maximum absolute atomic E-state index is 5.45. The van der Waals surface area contributed by atoms with Gasteiger partial charge >= 0.3 is 0 Å². The lowest BCUT2D eigenvalue weighted by atomic mass is 10.1. The second-order valence-electron chi connectivity index (χ2n) is 6.59. The topological polar surface area (TPSA) is 36.9 Å². The largest absolute Gasteiger partial charge is 0.278 e. The fourth-order valence-corrected chi connectivity index (χ4v) is 3.72. The second kappa shape index (κ2) is 7.81. The molecule has 1 fully saturated rings. The number of hydrogen-bond donors (Lipinski definition) is 1. The third-order valence-electron chi connectivity index (χ3n) is 4.80. The minimum absolute atomic E-state index is 0.449. The van der Waals surface area contributed by atoms with E-state index in [-0.39, 0.29) is 0 Å². The zero-order chi connectivity index (χ0) is 17.8. The van der Waals surface area contributed by atoms with Gasteiger partial charge in [-0.25, -0.2) is 4.68 Å². The summed E-state index contributed by atoms with van der Waals surface area (Å²) < 4.78 is 2.55. The Balaban J connectivity index is 1.49. The van der Waals surface area contributed by atoms with Gasteiger partial charge in [-0.15, -0.1) is 0 Å². The van der Waals surface area contributed by atoms with E-state index >= 15 is 0 Å². The molecule has 2 aromatic carbocycles. The Morgan fingerprint density at radius 1 is 1.04 bits per heavy atom. The van der Waals surface area contributed by atoms with Gasteiger partial charge < -0.3 is 0 Å². The van der Waals surface area contributed by atoms with Gasteiger partial charge in [0.15, 0.2) is 0 Å². The van der Waals surface area contributed by atoms with Crippen LogP contribution in [0.25, 0.3) is 12.2 Å². The van der Waals surface area contributed by atoms with Crippen LogP contribution in [0.4, 0.5) is 0 Å². The number of rotatable bonds is 5. The summed E-state index contributed by atoms with van der Waals surface area (Å²) >= 11 is 5.45. The third-order valence-corrected chi connectivity index (χ3v) is 5.11. The van der Waals surface area contributed by atoms with Gasteiger partial charge in [0.2, 0.25) is 4.77 Å². The van der Waals surface area contributed by atoms with Crippen molar-refractivity contribution in [3.63, 3.8) is 0 Å². The maximum atomic E-state index is 5.45. The summed E-state index contributed by atoms with van der Waals surface area (Å²) in [5, 5.41) is 3.32. The second-order valence-corrected chi connectivity index (χ2v) is 6.95. The minimum Gasteiger partial charge on any atom is -0.278 e. The van der Waals surface area contributed by atoms with Crippen LogP contribution in [-0.4, -0.2) is 26.2 Å². The zero-order valence-corrected chi connectivity index (χ0v) is 15.4. The molecule has 132 valence electrons. The van der Waals surface area contributed by atoms with Crippen molar-refractivity contribution in [1.29, 1.82) is 0 Å². The Hall–Kier alpha value is -2.50. The Bertz CT molecular complexity index is 927. The molecule has 3 aromatic rings. The molecular formula is C21H22N4S. The molecule has 2 heterocycles. The summed E-state index contributed by atoms with van der Waals surface area (Å²) in [5.74, 6) is 0.786. The van der Waals surface area contributed by atoms with Crippen LogP contribution in [0.5, 0.6) is 0 Å². The summed E-state index contributed by atoms with van der Waals surface area (Å²) in [6.45, 7) is 1.82. The molecule has 0 bridgehead atoms. The van der Waals surface area contributed by atoms with Crippen LogP contribution in [0, 0.1) is 4.77 Å². The van der Waals surface area contributed by atoms with Gasteiger partial charge in [0, 0.05) is 12.6 Å². The first-order valence-corrected chi connectivity index (χ1v) is 9.39. The number of aromatic amines is 1. The highest BCUT2D eigenvalue weighted by Crippen LogP contribution is 2.31. The minimum atomic E-state index is 0.449. The Morgan fingerprint density at radius 2 is 1.77 bits per heavy atom. The third kappa shape index (κ3) is 3.84. The molecular weight excluding hydrogens is 340 g/mol. The molecule has 1 aliphatic heterocycles. The number of aromatic nitrogens is 3. The zero-order valence-electron chi connectivity index (χ0n) is 14.6. The lowest BCUT2D eigenvalue weighted by Crippen LogP contribution is -2.26. The molecule has 1 saturated heterocycles. The van der Waals surface area contributed by atoms with E-state index in [1.165, 1.54) is 18.4 Å². The van der Waals surface area contributed by atoms with Crippen LogP contribution < -0.4 is 0 Å². The molecule has 4 rings (SSSR count). The first-order valence-electron chi connectivity index (χ1n) is 8.98. The molecule has 0 saturated carbocycles. The molecule has 5 heteroatoms. The van der Waals surface area contributed by atoms with Gasteiger partial charge in [0.25, 0.3) is 0 Å². The fraction of sp³-hybridized carbons (Fsp3) is 0.238. The van der Waals surface area contributed by atoms with Crippen molar-refractivity contribution in [1.82, 2.24) is 19.7 Å². The van der Waals surface area contributed by atoms with Gasteiger partial charge in [-0.2, -0.15) is 4.98 Å². The standard InChI is InChI=1S/C21H22N4S/c26-21-22-20(14-13-17-8-3-1-4-9-17)23-25(21)16-24-15-7-12-19(24)18-10-5-2-6-11-18/h1-6,8-11,13-14,19H,7,12,15-16H2,(H,22,23,26)/b14-13+. The number of benzene rings is 2. The van der Waals surface area contributed by atoms with E-state index in [9.17, 15) is 0 Å². The van der Waals surface area contributed by atoms with Crippen LogP contribution in [0.1, 0.15) is 35.8 Å². The van der Waals surface area contributed by atoms with Crippen molar-refractivity contribution in [2.45, 2.75) is 25.6 Å². The van der Waals surface area contributed by atoms with Gasteiger partial charge in [-0.3, -0.25) is 10.00 Å². The van der Waals surface area contributed by atoms with E-state index in [0.717, 1.165) is 24.6 Å². The normalized spacial score (nSPS) is 17.9. The smallest absolute Gasteiger partial charge is 0.217 e. The van der Waals surface area contributed by atoms with E-state index in [4.69, 9.17) is 12.2 Å². The van der Waals surface area contributed by atoms with Gasteiger partial charge in [-0.05, 0) is 42.3 Å². The monoisotopic (exact) mass is 362 g/mol. The molecule has 1 aliphatic rings. The average Bonchev–Trinajstić information content (AvgIpc) is 3.29. The van der Waals surface area contributed by atoms with E-state index in [2.05, 4.69) is 57.4 Å². The van der Waals surface area contributed by atoms with Crippen LogP contribution >= 0.6 is 12.2 Å². The predicted molar refractivity (Wildman–Crippen MR) is 108 cm³/mol. The van der Waals surface area contributed by atoms with Crippen LogP contribution in [0.2, 0.25) is 0 Å². The summed E-state index contributed by atoms with van der Waals surface area (Å²) in [7, 11) is 0. The van der Waals surface area contributed by atoms with E-state index in [1.807, 2.05) is 35.0 Å². The van der Waals surface area contributed by atoms with E-state index in [1.54, 1.807) is 0 Å². The summed E-state index contributed by atoms with van der Waals surface area (Å²) in [6.07, 6.45) is 6.41. The lowest BCUT2D eigenvalue weighted by molar-refractivity contribution is 0.190. The molecule has 0 aliphatic carbocycles. The molecule has 1 atom stereocenters. The Labute approximate surface area is 158 Å². The fourth-order valence-electron chi connectivity index (χ4n) is 3.51. The number of nitrogens with zero attached hydrogens (tertiary/aromatic N) is 3.